The van der Waals surface area contributed by atoms with Gasteiger partial charge in [0, 0.05) is 3.57 Å². The minimum atomic E-state index is -0.452. The van der Waals surface area contributed by atoms with Gasteiger partial charge in [-0.15, -0.1) is 11.3 Å². The molecular weight excluding hydrogens is 396 g/mol. The predicted molar refractivity (Wildman–Crippen MR) is 82.7 cm³/mol. The van der Waals surface area contributed by atoms with Crippen molar-refractivity contribution >= 4 is 50.8 Å². The maximum absolute atomic E-state index is 13.0. The molecule has 1 aromatic carbocycles. The first-order valence-electron chi connectivity index (χ1n) is 5.46. The molecule has 104 valence electrons. The van der Waals surface area contributed by atoms with E-state index in [1.165, 1.54) is 25.3 Å². The van der Waals surface area contributed by atoms with Crippen LogP contribution in [0.4, 0.5) is 9.39 Å². The molecule has 1 heterocycles. The van der Waals surface area contributed by atoms with E-state index < -0.39 is 11.8 Å². The molecule has 0 saturated heterocycles. The Morgan fingerprint density at radius 2 is 2.05 bits per heavy atom. The highest BCUT2D eigenvalue weighted by Crippen LogP contribution is 2.24. The molecule has 1 amide bonds. The lowest BCUT2D eigenvalue weighted by atomic mass is 10.2. The van der Waals surface area contributed by atoms with Crippen LogP contribution in [0.2, 0.25) is 0 Å². The lowest BCUT2D eigenvalue weighted by Gasteiger charge is -2.04. The van der Waals surface area contributed by atoms with E-state index in [2.05, 4.69) is 10.1 Å². The highest BCUT2D eigenvalue weighted by Gasteiger charge is 2.14. The molecule has 0 atom stereocenters. The molecule has 0 fully saturated rings. The molecule has 0 aliphatic carbocycles. The number of benzene rings is 1. The van der Waals surface area contributed by atoms with Crippen LogP contribution in [0.1, 0.15) is 20.0 Å². The predicted octanol–water partition coefficient (Wildman–Crippen LogP) is 3.53. The van der Waals surface area contributed by atoms with Gasteiger partial charge in [0.1, 0.15) is 10.7 Å². The lowest BCUT2D eigenvalue weighted by molar-refractivity contribution is 0.0606. The van der Waals surface area contributed by atoms with E-state index in [0.29, 0.717) is 19.0 Å². The fourth-order valence-corrected chi connectivity index (χ4v) is 3.01. The number of methoxy groups -OCH3 is 1. The van der Waals surface area contributed by atoms with Gasteiger partial charge in [0.05, 0.1) is 17.7 Å². The number of nitrogens with one attached hydrogen (secondary N) is 1. The van der Waals surface area contributed by atoms with Gasteiger partial charge in [-0.2, -0.15) is 0 Å². The van der Waals surface area contributed by atoms with E-state index in [1.54, 1.807) is 12.1 Å². The van der Waals surface area contributed by atoms with Crippen LogP contribution in [-0.4, -0.2) is 19.0 Å². The molecule has 1 aromatic heterocycles. The Kier molecular flexibility index (Phi) is 4.71. The molecule has 7 heteroatoms. The van der Waals surface area contributed by atoms with E-state index >= 15 is 0 Å². The van der Waals surface area contributed by atoms with Crippen molar-refractivity contribution in [2.45, 2.75) is 0 Å². The van der Waals surface area contributed by atoms with Crippen LogP contribution in [0.15, 0.2) is 30.3 Å². The van der Waals surface area contributed by atoms with Crippen molar-refractivity contribution in [2.24, 2.45) is 0 Å². The van der Waals surface area contributed by atoms with E-state index in [4.69, 9.17) is 0 Å². The number of carbonyl (C=O) groups excluding carboxylic acids is 2. The zero-order valence-electron chi connectivity index (χ0n) is 10.3. The minimum Gasteiger partial charge on any atom is -0.465 e. The number of rotatable bonds is 3. The summed E-state index contributed by atoms with van der Waals surface area (Å²) in [5, 5.41) is 3.19. The molecule has 0 bridgehead atoms. The summed E-state index contributed by atoms with van der Waals surface area (Å²) in [4.78, 5) is 23.8. The zero-order chi connectivity index (χ0) is 14.7. The molecule has 0 saturated carbocycles. The van der Waals surface area contributed by atoms with Gasteiger partial charge in [0.25, 0.3) is 5.91 Å². The molecule has 4 nitrogen and oxygen atoms in total. The SMILES string of the molecule is COC(=O)c1ccc(NC(=O)c2ccc(F)cc2I)s1. The van der Waals surface area contributed by atoms with Crippen LogP contribution in [0, 0.1) is 9.39 Å². The Balaban J connectivity index is 2.15. The van der Waals surface area contributed by atoms with Crippen molar-refractivity contribution in [1.82, 2.24) is 0 Å². The topological polar surface area (TPSA) is 55.4 Å². The summed E-state index contributed by atoms with van der Waals surface area (Å²) in [7, 11) is 1.29. The van der Waals surface area contributed by atoms with Gasteiger partial charge < -0.3 is 10.1 Å². The quantitative estimate of drug-likeness (QED) is 0.628. The number of hydrogen-bond donors (Lipinski definition) is 1. The van der Waals surface area contributed by atoms with Crippen LogP contribution in [0.5, 0.6) is 0 Å². The van der Waals surface area contributed by atoms with E-state index in [9.17, 15) is 14.0 Å². The largest absolute Gasteiger partial charge is 0.465 e. The van der Waals surface area contributed by atoms with Crippen LogP contribution in [0.3, 0.4) is 0 Å². The van der Waals surface area contributed by atoms with Gasteiger partial charge in [-0.3, -0.25) is 4.79 Å². The number of ether oxygens (including phenoxy) is 1. The number of hydrogen-bond acceptors (Lipinski definition) is 4. The second kappa shape index (κ2) is 6.31. The second-order valence-electron chi connectivity index (χ2n) is 3.73. The number of anilines is 1. The standard InChI is InChI=1S/C13H9FINO3S/c1-19-13(18)10-4-5-11(20-10)16-12(17)8-3-2-7(14)6-9(8)15/h2-6H,1H3,(H,16,17). The third-order valence-electron chi connectivity index (χ3n) is 2.41. The molecular formula is C13H9FINO3S. The molecule has 0 aliphatic rings. The average molecular weight is 405 g/mol. The van der Waals surface area contributed by atoms with Crippen molar-refractivity contribution in [3.05, 3.63) is 50.2 Å². The third-order valence-corrected chi connectivity index (χ3v) is 4.28. The second-order valence-corrected chi connectivity index (χ2v) is 5.98. The Morgan fingerprint density at radius 1 is 1.30 bits per heavy atom. The first-order valence-corrected chi connectivity index (χ1v) is 7.35. The molecule has 0 spiro atoms. The Hall–Kier alpha value is -1.48. The van der Waals surface area contributed by atoms with Crippen LogP contribution < -0.4 is 5.32 Å². The summed E-state index contributed by atoms with van der Waals surface area (Å²) < 4.78 is 18.1. The summed E-state index contributed by atoms with van der Waals surface area (Å²) in [6.07, 6.45) is 0. The zero-order valence-corrected chi connectivity index (χ0v) is 13.2. The monoisotopic (exact) mass is 405 g/mol. The van der Waals surface area contributed by atoms with Gasteiger partial charge in [-0.25, -0.2) is 9.18 Å². The lowest BCUT2D eigenvalue weighted by Crippen LogP contribution is -2.12. The highest BCUT2D eigenvalue weighted by atomic mass is 127. The summed E-state index contributed by atoms with van der Waals surface area (Å²) in [6.45, 7) is 0. The molecule has 20 heavy (non-hydrogen) atoms. The fraction of sp³-hybridized carbons (Fsp3) is 0.0769. The summed E-state index contributed by atoms with van der Waals surface area (Å²) in [5.74, 6) is -1.20. The smallest absolute Gasteiger partial charge is 0.348 e. The van der Waals surface area contributed by atoms with E-state index in [1.807, 2.05) is 22.6 Å². The number of amides is 1. The van der Waals surface area contributed by atoms with Crippen molar-refractivity contribution in [1.29, 1.82) is 0 Å². The molecule has 0 radical (unpaired) electrons. The maximum atomic E-state index is 13.0. The normalized spacial score (nSPS) is 10.2. The minimum absolute atomic E-state index is 0.354. The fourth-order valence-electron chi connectivity index (χ4n) is 1.47. The average Bonchev–Trinajstić information content (AvgIpc) is 2.86. The van der Waals surface area contributed by atoms with Crippen molar-refractivity contribution in [2.75, 3.05) is 12.4 Å². The Morgan fingerprint density at radius 3 is 2.70 bits per heavy atom. The van der Waals surface area contributed by atoms with Gasteiger partial charge in [0.15, 0.2) is 0 Å². The van der Waals surface area contributed by atoms with Gasteiger partial charge >= 0.3 is 5.97 Å². The van der Waals surface area contributed by atoms with E-state index in [0.717, 1.165) is 11.3 Å². The van der Waals surface area contributed by atoms with Crippen LogP contribution >= 0.6 is 33.9 Å². The number of thiophene rings is 1. The highest BCUT2D eigenvalue weighted by molar-refractivity contribution is 14.1. The number of halogens is 2. The van der Waals surface area contributed by atoms with Gasteiger partial charge in [-0.05, 0) is 52.9 Å². The Bertz CT molecular complexity index is 671. The summed E-state index contributed by atoms with van der Waals surface area (Å²) >= 11 is 3.01. The molecule has 0 aliphatic heterocycles. The third kappa shape index (κ3) is 3.34. The summed E-state index contributed by atoms with van der Waals surface area (Å²) in [6, 6.07) is 7.11. The van der Waals surface area contributed by atoms with Crippen LogP contribution in [-0.2, 0) is 4.74 Å². The number of carbonyl (C=O) groups is 2. The molecule has 0 unspecified atom stereocenters. The molecule has 2 aromatic rings. The molecule has 2 rings (SSSR count). The van der Waals surface area contributed by atoms with Crippen molar-refractivity contribution < 1.29 is 18.7 Å². The first kappa shape index (κ1) is 14.9. The maximum Gasteiger partial charge on any atom is 0.348 e. The first-order chi connectivity index (χ1) is 9.51. The number of esters is 1. The van der Waals surface area contributed by atoms with Crippen LogP contribution in [0.25, 0.3) is 0 Å². The van der Waals surface area contributed by atoms with Crippen molar-refractivity contribution in [3.8, 4) is 0 Å². The summed E-state index contributed by atoms with van der Waals surface area (Å²) in [5.41, 5.74) is 0.375. The molecule has 1 N–H and O–H groups in total. The van der Waals surface area contributed by atoms with Crippen molar-refractivity contribution in [3.63, 3.8) is 0 Å². The van der Waals surface area contributed by atoms with E-state index in [-0.39, 0.29) is 5.91 Å². The van der Waals surface area contributed by atoms with Gasteiger partial charge in [0.2, 0.25) is 0 Å². The van der Waals surface area contributed by atoms with Gasteiger partial charge in [-0.1, -0.05) is 0 Å². The Labute approximate surface area is 132 Å².